The van der Waals surface area contributed by atoms with Gasteiger partial charge in [0.1, 0.15) is 0 Å². The molecule has 0 aliphatic heterocycles. The lowest BCUT2D eigenvalue weighted by atomic mass is 10.3. The van der Waals surface area contributed by atoms with E-state index in [2.05, 4.69) is 10.1 Å². The van der Waals surface area contributed by atoms with Crippen molar-refractivity contribution in [2.24, 2.45) is 5.92 Å². The molecule has 2 aromatic rings. The lowest BCUT2D eigenvalue weighted by Gasteiger charge is -1.86. The van der Waals surface area contributed by atoms with Crippen LogP contribution in [0.5, 0.6) is 0 Å². The van der Waals surface area contributed by atoms with E-state index < -0.39 is 5.97 Å². The lowest BCUT2D eigenvalue weighted by Crippen LogP contribution is -1.98. The number of aliphatic carboxylic acids is 1. The number of aromatic nitrogens is 2. The van der Waals surface area contributed by atoms with Crippen molar-refractivity contribution < 1.29 is 14.4 Å². The third-order valence-electron chi connectivity index (χ3n) is 2.61. The van der Waals surface area contributed by atoms with E-state index in [4.69, 9.17) is 9.63 Å². The first-order chi connectivity index (χ1) is 7.75. The van der Waals surface area contributed by atoms with Gasteiger partial charge in [-0.3, -0.25) is 4.79 Å². The topological polar surface area (TPSA) is 76.2 Å². The lowest BCUT2D eigenvalue weighted by molar-refractivity contribution is -0.138. The monoisotopic (exact) mass is 236 g/mol. The van der Waals surface area contributed by atoms with E-state index in [0.717, 1.165) is 4.88 Å². The Hall–Kier alpha value is -1.69. The standard InChI is InChI=1S/C10H8N2O3S/c13-10(14)6-4-5(6)9-11-8(12-15-9)7-2-1-3-16-7/h1-3,5-6H,4H2,(H,13,14). The van der Waals surface area contributed by atoms with Crippen molar-refractivity contribution in [1.82, 2.24) is 10.1 Å². The number of hydrogen-bond donors (Lipinski definition) is 1. The van der Waals surface area contributed by atoms with Gasteiger partial charge in [-0.1, -0.05) is 11.2 Å². The summed E-state index contributed by atoms with van der Waals surface area (Å²) in [5.74, 6) is -0.256. The van der Waals surface area contributed by atoms with Crippen LogP contribution in [0, 0.1) is 5.92 Å². The van der Waals surface area contributed by atoms with Crippen LogP contribution in [0.3, 0.4) is 0 Å². The SMILES string of the molecule is O=C(O)C1CC1c1nc(-c2cccs2)no1. The van der Waals surface area contributed by atoms with Crippen molar-refractivity contribution in [3.8, 4) is 10.7 Å². The molecule has 82 valence electrons. The fourth-order valence-corrected chi connectivity index (χ4v) is 2.28. The molecule has 1 fully saturated rings. The van der Waals surface area contributed by atoms with Crippen LogP contribution in [-0.2, 0) is 4.79 Å². The second-order valence-corrected chi connectivity index (χ2v) is 4.67. The summed E-state index contributed by atoms with van der Waals surface area (Å²) < 4.78 is 5.08. The van der Waals surface area contributed by atoms with Crippen LogP contribution in [-0.4, -0.2) is 21.2 Å². The Bertz CT molecular complexity index is 520. The predicted molar refractivity (Wildman–Crippen MR) is 56.1 cm³/mol. The second-order valence-electron chi connectivity index (χ2n) is 3.72. The number of thiophene rings is 1. The van der Waals surface area contributed by atoms with Crippen molar-refractivity contribution in [2.75, 3.05) is 0 Å². The van der Waals surface area contributed by atoms with Crippen LogP contribution in [0.2, 0.25) is 0 Å². The maximum Gasteiger partial charge on any atom is 0.307 e. The van der Waals surface area contributed by atoms with E-state index in [-0.39, 0.29) is 11.8 Å². The fourth-order valence-electron chi connectivity index (χ4n) is 1.63. The van der Waals surface area contributed by atoms with Crippen LogP contribution in [0.25, 0.3) is 10.7 Å². The Morgan fingerprint density at radius 1 is 1.62 bits per heavy atom. The summed E-state index contributed by atoms with van der Waals surface area (Å²) >= 11 is 1.53. The van der Waals surface area contributed by atoms with Gasteiger partial charge in [0.25, 0.3) is 0 Å². The first-order valence-corrected chi connectivity index (χ1v) is 5.74. The quantitative estimate of drug-likeness (QED) is 0.881. The first kappa shape index (κ1) is 9.53. The van der Waals surface area contributed by atoms with Gasteiger partial charge >= 0.3 is 5.97 Å². The van der Waals surface area contributed by atoms with Crippen molar-refractivity contribution in [1.29, 1.82) is 0 Å². The van der Waals surface area contributed by atoms with E-state index >= 15 is 0 Å². The predicted octanol–water partition coefficient (Wildman–Crippen LogP) is 1.99. The molecule has 2 atom stereocenters. The zero-order chi connectivity index (χ0) is 11.1. The van der Waals surface area contributed by atoms with Crippen LogP contribution >= 0.6 is 11.3 Å². The highest BCUT2D eigenvalue weighted by atomic mass is 32.1. The molecule has 1 N–H and O–H groups in total. The molecule has 2 heterocycles. The summed E-state index contributed by atoms with van der Waals surface area (Å²) in [6, 6.07) is 3.81. The number of hydrogen-bond acceptors (Lipinski definition) is 5. The maximum absolute atomic E-state index is 10.7. The third-order valence-corrected chi connectivity index (χ3v) is 3.47. The average Bonchev–Trinajstić information content (AvgIpc) is 2.72. The van der Waals surface area contributed by atoms with Gasteiger partial charge in [0, 0.05) is 0 Å². The molecule has 0 bridgehead atoms. The normalized spacial score (nSPS) is 23.2. The summed E-state index contributed by atoms with van der Waals surface area (Å²) in [6.45, 7) is 0. The second kappa shape index (κ2) is 3.41. The highest BCUT2D eigenvalue weighted by molar-refractivity contribution is 7.13. The van der Waals surface area contributed by atoms with Crippen molar-refractivity contribution >= 4 is 17.3 Å². The molecule has 0 saturated heterocycles. The van der Waals surface area contributed by atoms with E-state index in [1.165, 1.54) is 11.3 Å². The molecule has 1 aliphatic rings. The van der Waals surface area contributed by atoms with Crippen molar-refractivity contribution in [2.45, 2.75) is 12.3 Å². The largest absolute Gasteiger partial charge is 0.481 e. The summed E-state index contributed by atoms with van der Waals surface area (Å²) in [7, 11) is 0. The Labute approximate surface area is 94.7 Å². The molecular weight excluding hydrogens is 228 g/mol. The molecule has 2 unspecified atom stereocenters. The molecule has 2 aromatic heterocycles. The molecular formula is C10H8N2O3S. The Balaban J connectivity index is 1.82. The van der Waals surface area contributed by atoms with Crippen LogP contribution < -0.4 is 0 Å². The van der Waals surface area contributed by atoms with E-state index in [1.54, 1.807) is 0 Å². The van der Waals surface area contributed by atoms with Crippen LogP contribution in [0.4, 0.5) is 0 Å². The molecule has 1 saturated carbocycles. The van der Waals surface area contributed by atoms with Crippen molar-refractivity contribution in [3.05, 3.63) is 23.4 Å². The summed E-state index contributed by atoms with van der Waals surface area (Å²) in [5, 5.41) is 14.6. The molecule has 3 rings (SSSR count). The first-order valence-electron chi connectivity index (χ1n) is 4.86. The third kappa shape index (κ3) is 1.51. The summed E-state index contributed by atoms with van der Waals surface area (Å²) in [5.41, 5.74) is 0. The van der Waals surface area contributed by atoms with Gasteiger partial charge in [-0.2, -0.15) is 4.98 Å². The van der Waals surface area contributed by atoms with Crippen molar-refractivity contribution in [3.63, 3.8) is 0 Å². The minimum absolute atomic E-state index is 0.0984. The zero-order valence-corrected chi connectivity index (χ0v) is 8.98. The number of rotatable bonds is 3. The smallest absolute Gasteiger partial charge is 0.307 e. The number of carboxylic acids is 1. The average molecular weight is 236 g/mol. The minimum atomic E-state index is -0.791. The highest BCUT2D eigenvalue weighted by Gasteiger charge is 2.48. The molecule has 5 nitrogen and oxygen atoms in total. The van der Waals surface area contributed by atoms with Gasteiger partial charge in [-0.15, -0.1) is 11.3 Å². The van der Waals surface area contributed by atoms with Gasteiger partial charge in [0.15, 0.2) is 0 Å². The van der Waals surface area contributed by atoms with E-state index in [0.29, 0.717) is 18.1 Å². The number of nitrogens with zero attached hydrogens (tertiary/aromatic N) is 2. The fraction of sp³-hybridized carbons (Fsp3) is 0.300. The minimum Gasteiger partial charge on any atom is -0.481 e. The Morgan fingerprint density at radius 2 is 2.50 bits per heavy atom. The number of carboxylic acid groups (broad SMARTS) is 1. The molecule has 16 heavy (non-hydrogen) atoms. The summed E-state index contributed by atoms with van der Waals surface area (Å²) in [6.07, 6.45) is 0.599. The zero-order valence-electron chi connectivity index (χ0n) is 8.16. The van der Waals surface area contributed by atoms with Crippen LogP contribution in [0.1, 0.15) is 18.2 Å². The molecule has 0 spiro atoms. The van der Waals surface area contributed by atoms with E-state index in [9.17, 15) is 4.79 Å². The molecule has 0 aromatic carbocycles. The van der Waals surface area contributed by atoms with Gasteiger partial charge in [-0.25, -0.2) is 0 Å². The van der Waals surface area contributed by atoms with Gasteiger partial charge < -0.3 is 9.63 Å². The maximum atomic E-state index is 10.7. The molecule has 1 aliphatic carbocycles. The van der Waals surface area contributed by atoms with Crippen LogP contribution in [0.15, 0.2) is 22.0 Å². The van der Waals surface area contributed by atoms with Gasteiger partial charge in [-0.05, 0) is 17.9 Å². The number of carbonyl (C=O) groups is 1. The molecule has 0 amide bonds. The van der Waals surface area contributed by atoms with Gasteiger partial charge in [0.05, 0.1) is 16.7 Å². The molecule has 0 radical (unpaired) electrons. The molecule has 6 heteroatoms. The summed E-state index contributed by atoms with van der Waals surface area (Å²) in [4.78, 5) is 15.8. The Morgan fingerprint density at radius 3 is 3.12 bits per heavy atom. The Kier molecular flexibility index (Phi) is 2.03. The van der Waals surface area contributed by atoms with Gasteiger partial charge in [0.2, 0.25) is 11.7 Å². The highest BCUT2D eigenvalue weighted by Crippen LogP contribution is 2.47. The van der Waals surface area contributed by atoms with E-state index in [1.807, 2.05) is 17.5 Å².